The molecule has 1 amide bonds. The molecular formula is C13H11BrN2O. The number of halogens is 1. The fourth-order valence-corrected chi connectivity index (χ4v) is 1.69. The number of carbonyl (C=O) groups is 1. The van der Waals surface area contributed by atoms with E-state index in [4.69, 9.17) is 0 Å². The highest BCUT2D eigenvalue weighted by atomic mass is 79.9. The maximum absolute atomic E-state index is 11.9. The van der Waals surface area contributed by atoms with E-state index in [0.717, 1.165) is 10.0 Å². The molecule has 0 fully saturated rings. The Morgan fingerprint density at radius 3 is 2.59 bits per heavy atom. The van der Waals surface area contributed by atoms with Gasteiger partial charge in [0.1, 0.15) is 0 Å². The molecule has 0 aliphatic carbocycles. The van der Waals surface area contributed by atoms with Crippen LogP contribution < -0.4 is 5.32 Å². The zero-order valence-corrected chi connectivity index (χ0v) is 10.9. The van der Waals surface area contributed by atoms with Crippen LogP contribution in [-0.2, 0) is 0 Å². The molecule has 0 spiro atoms. The Balaban J connectivity index is 2.14. The van der Waals surface area contributed by atoms with Gasteiger partial charge in [-0.15, -0.1) is 0 Å². The Bertz CT molecular complexity index is 537. The number of aromatic nitrogens is 1. The molecule has 0 aliphatic rings. The van der Waals surface area contributed by atoms with Gasteiger partial charge in [-0.1, -0.05) is 15.9 Å². The summed E-state index contributed by atoms with van der Waals surface area (Å²) < 4.78 is 0.950. The fourth-order valence-electron chi connectivity index (χ4n) is 1.43. The third kappa shape index (κ3) is 3.14. The van der Waals surface area contributed by atoms with Crippen molar-refractivity contribution in [1.82, 2.24) is 4.98 Å². The molecule has 1 aromatic heterocycles. The number of rotatable bonds is 2. The van der Waals surface area contributed by atoms with E-state index in [2.05, 4.69) is 26.2 Å². The largest absolute Gasteiger partial charge is 0.321 e. The summed E-state index contributed by atoms with van der Waals surface area (Å²) >= 11 is 3.33. The van der Waals surface area contributed by atoms with Crippen LogP contribution >= 0.6 is 15.9 Å². The van der Waals surface area contributed by atoms with E-state index in [1.165, 1.54) is 0 Å². The molecule has 0 atom stereocenters. The maximum Gasteiger partial charge on any atom is 0.255 e. The lowest BCUT2D eigenvalue weighted by atomic mass is 10.2. The van der Waals surface area contributed by atoms with Gasteiger partial charge in [0.05, 0.1) is 11.9 Å². The molecule has 4 heteroatoms. The molecular weight excluding hydrogens is 280 g/mol. The van der Waals surface area contributed by atoms with Crippen LogP contribution in [0.5, 0.6) is 0 Å². The van der Waals surface area contributed by atoms with Crippen molar-refractivity contribution in [3.63, 3.8) is 0 Å². The monoisotopic (exact) mass is 290 g/mol. The molecule has 86 valence electrons. The summed E-state index contributed by atoms with van der Waals surface area (Å²) in [6, 6.07) is 9.09. The van der Waals surface area contributed by atoms with Gasteiger partial charge in [0.2, 0.25) is 0 Å². The summed E-state index contributed by atoms with van der Waals surface area (Å²) in [7, 11) is 0. The topological polar surface area (TPSA) is 42.0 Å². The van der Waals surface area contributed by atoms with E-state index in [-0.39, 0.29) is 5.91 Å². The highest BCUT2D eigenvalue weighted by molar-refractivity contribution is 9.10. The number of nitrogens with one attached hydrogen (secondary N) is 1. The molecule has 0 aliphatic heterocycles. The molecule has 0 radical (unpaired) electrons. The minimum absolute atomic E-state index is 0.134. The van der Waals surface area contributed by atoms with Crippen LogP contribution in [-0.4, -0.2) is 10.9 Å². The molecule has 1 heterocycles. The second-order valence-corrected chi connectivity index (χ2v) is 4.63. The number of anilines is 1. The molecule has 0 bridgehead atoms. The Morgan fingerprint density at radius 2 is 1.94 bits per heavy atom. The lowest BCUT2D eigenvalue weighted by Crippen LogP contribution is -2.11. The van der Waals surface area contributed by atoms with E-state index in [1.54, 1.807) is 24.5 Å². The Kier molecular flexibility index (Phi) is 3.54. The van der Waals surface area contributed by atoms with Crippen LogP contribution in [0.3, 0.4) is 0 Å². The Morgan fingerprint density at radius 1 is 1.24 bits per heavy atom. The van der Waals surface area contributed by atoms with E-state index in [9.17, 15) is 4.79 Å². The van der Waals surface area contributed by atoms with Gasteiger partial charge in [-0.2, -0.15) is 0 Å². The molecule has 1 N–H and O–H groups in total. The number of hydrogen-bond donors (Lipinski definition) is 1. The number of benzene rings is 1. The summed E-state index contributed by atoms with van der Waals surface area (Å²) in [4.78, 5) is 15.9. The van der Waals surface area contributed by atoms with Gasteiger partial charge in [-0.05, 0) is 42.8 Å². The van der Waals surface area contributed by atoms with Crippen LogP contribution in [0.15, 0.2) is 47.2 Å². The summed E-state index contributed by atoms with van der Waals surface area (Å²) in [6.07, 6.45) is 3.37. The first-order valence-corrected chi connectivity index (χ1v) is 5.93. The lowest BCUT2D eigenvalue weighted by Gasteiger charge is -2.05. The number of nitrogens with zero attached hydrogens (tertiary/aromatic N) is 1. The van der Waals surface area contributed by atoms with Crippen LogP contribution in [0.4, 0.5) is 5.69 Å². The second-order valence-electron chi connectivity index (χ2n) is 3.71. The molecule has 2 aromatic rings. The minimum atomic E-state index is -0.134. The Hall–Kier alpha value is -1.68. The second kappa shape index (κ2) is 5.10. The molecule has 1 aromatic carbocycles. The smallest absolute Gasteiger partial charge is 0.255 e. The van der Waals surface area contributed by atoms with E-state index in [0.29, 0.717) is 11.3 Å². The predicted molar refractivity (Wildman–Crippen MR) is 71.1 cm³/mol. The van der Waals surface area contributed by atoms with Crippen molar-refractivity contribution < 1.29 is 4.79 Å². The summed E-state index contributed by atoms with van der Waals surface area (Å²) in [5, 5.41) is 2.80. The molecule has 3 nitrogen and oxygen atoms in total. The molecule has 2 rings (SSSR count). The minimum Gasteiger partial charge on any atom is -0.321 e. The number of amides is 1. The highest BCUT2D eigenvalue weighted by Gasteiger charge is 2.05. The quantitative estimate of drug-likeness (QED) is 0.921. The van der Waals surface area contributed by atoms with Gasteiger partial charge in [-0.3, -0.25) is 9.78 Å². The van der Waals surface area contributed by atoms with E-state index < -0.39 is 0 Å². The van der Waals surface area contributed by atoms with Gasteiger partial charge in [0, 0.05) is 16.2 Å². The van der Waals surface area contributed by atoms with Crippen molar-refractivity contribution >= 4 is 27.5 Å². The molecule has 17 heavy (non-hydrogen) atoms. The number of carbonyl (C=O) groups excluding carboxylic acids is 1. The zero-order chi connectivity index (χ0) is 12.3. The van der Waals surface area contributed by atoms with Crippen molar-refractivity contribution in [3.8, 4) is 0 Å². The van der Waals surface area contributed by atoms with Crippen molar-refractivity contribution in [2.45, 2.75) is 6.92 Å². The standard InChI is InChI=1S/C13H11BrN2O/c1-9-6-12(8-15-7-9)16-13(17)10-2-4-11(14)5-3-10/h2-8H,1H3,(H,16,17). The molecule has 0 saturated carbocycles. The van der Waals surface area contributed by atoms with Gasteiger partial charge in [-0.25, -0.2) is 0 Å². The Labute approximate surface area is 108 Å². The van der Waals surface area contributed by atoms with E-state index in [1.807, 2.05) is 25.1 Å². The van der Waals surface area contributed by atoms with Gasteiger partial charge < -0.3 is 5.32 Å². The lowest BCUT2D eigenvalue weighted by molar-refractivity contribution is 0.102. The fraction of sp³-hybridized carbons (Fsp3) is 0.0769. The summed E-state index contributed by atoms with van der Waals surface area (Å²) in [5.41, 5.74) is 2.34. The van der Waals surface area contributed by atoms with Crippen LogP contribution in [0, 0.1) is 6.92 Å². The van der Waals surface area contributed by atoms with Crippen LogP contribution in [0.1, 0.15) is 15.9 Å². The van der Waals surface area contributed by atoms with Crippen LogP contribution in [0.25, 0.3) is 0 Å². The first-order valence-electron chi connectivity index (χ1n) is 5.14. The van der Waals surface area contributed by atoms with Gasteiger partial charge in [0.15, 0.2) is 0 Å². The van der Waals surface area contributed by atoms with Crippen molar-refractivity contribution in [2.24, 2.45) is 0 Å². The average molecular weight is 291 g/mol. The normalized spacial score (nSPS) is 10.0. The van der Waals surface area contributed by atoms with Gasteiger partial charge in [0.25, 0.3) is 5.91 Å². The van der Waals surface area contributed by atoms with Crippen molar-refractivity contribution in [3.05, 3.63) is 58.3 Å². The highest BCUT2D eigenvalue weighted by Crippen LogP contribution is 2.13. The molecule has 0 unspecified atom stereocenters. The van der Waals surface area contributed by atoms with Gasteiger partial charge >= 0.3 is 0 Å². The molecule has 0 saturated heterocycles. The third-order valence-electron chi connectivity index (χ3n) is 2.24. The summed E-state index contributed by atoms with van der Waals surface area (Å²) in [6.45, 7) is 1.93. The number of aryl methyl sites for hydroxylation is 1. The first-order chi connectivity index (χ1) is 8.15. The SMILES string of the molecule is Cc1cncc(NC(=O)c2ccc(Br)cc2)c1. The van der Waals surface area contributed by atoms with E-state index >= 15 is 0 Å². The van der Waals surface area contributed by atoms with Crippen molar-refractivity contribution in [1.29, 1.82) is 0 Å². The first kappa shape index (κ1) is 11.8. The van der Waals surface area contributed by atoms with Crippen LogP contribution in [0.2, 0.25) is 0 Å². The zero-order valence-electron chi connectivity index (χ0n) is 9.27. The number of pyridine rings is 1. The third-order valence-corrected chi connectivity index (χ3v) is 2.77. The maximum atomic E-state index is 11.9. The summed E-state index contributed by atoms with van der Waals surface area (Å²) in [5.74, 6) is -0.134. The predicted octanol–water partition coefficient (Wildman–Crippen LogP) is 3.40. The van der Waals surface area contributed by atoms with Crippen molar-refractivity contribution in [2.75, 3.05) is 5.32 Å². The average Bonchev–Trinajstić information content (AvgIpc) is 2.29. The number of hydrogen-bond acceptors (Lipinski definition) is 2.